The van der Waals surface area contributed by atoms with Crippen LogP contribution in [0.25, 0.3) is 0 Å². The third kappa shape index (κ3) is 3.78. The molecule has 5 heteroatoms. The van der Waals surface area contributed by atoms with Crippen molar-refractivity contribution in [3.63, 3.8) is 0 Å². The number of hydrogen-bond acceptors (Lipinski definition) is 4. The molecule has 1 rings (SSSR count). The number of likely N-dealkylation sites (N-methyl/N-ethyl adjacent to an activating group) is 1. The summed E-state index contributed by atoms with van der Waals surface area (Å²) < 4.78 is 1.09. The maximum absolute atomic E-state index is 8.77. The predicted octanol–water partition coefficient (Wildman–Crippen LogP) is 3.13. The molecule has 0 spiro atoms. The fourth-order valence-corrected chi connectivity index (χ4v) is 3.57. The Morgan fingerprint density at radius 3 is 2.65 bits per heavy atom. The molecule has 2 N–H and O–H groups in total. The Hall–Kier alpha value is -0.410. The molecule has 1 aromatic heterocycles. The molecule has 1 aromatic rings. The lowest BCUT2D eigenvalue weighted by molar-refractivity contribution is 0.169. The molecule has 0 fully saturated rings. The molecule has 3 unspecified atom stereocenters. The maximum atomic E-state index is 8.77. The van der Waals surface area contributed by atoms with E-state index in [1.165, 1.54) is 4.88 Å². The van der Waals surface area contributed by atoms with Gasteiger partial charge in [0.15, 0.2) is 0 Å². The van der Waals surface area contributed by atoms with Crippen molar-refractivity contribution < 1.29 is 0 Å². The first-order valence-corrected chi connectivity index (χ1v) is 7.23. The first-order valence-electron chi connectivity index (χ1n) is 5.55. The molecule has 0 radical (unpaired) electrons. The third-order valence-electron chi connectivity index (χ3n) is 2.90. The fraction of sp³-hybridized carbons (Fsp3) is 0.583. The lowest BCUT2D eigenvalue weighted by Crippen LogP contribution is -2.41. The lowest BCUT2D eigenvalue weighted by Gasteiger charge is -2.34. The smallest absolute Gasteiger partial charge is 0.0638 e. The van der Waals surface area contributed by atoms with Gasteiger partial charge in [-0.3, -0.25) is 4.90 Å². The first kappa shape index (κ1) is 14.7. The van der Waals surface area contributed by atoms with Crippen molar-refractivity contribution in [2.75, 3.05) is 7.05 Å². The van der Waals surface area contributed by atoms with Crippen molar-refractivity contribution in [1.82, 2.24) is 4.90 Å². The Labute approximate surface area is 115 Å². The number of nitriles is 1. The molecule has 17 heavy (non-hydrogen) atoms. The summed E-state index contributed by atoms with van der Waals surface area (Å²) in [5.74, 6) is 0. The summed E-state index contributed by atoms with van der Waals surface area (Å²) in [6.07, 6.45) is 0.520. The Bertz CT molecular complexity index is 397. The van der Waals surface area contributed by atoms with Crippen molar-refractivity contribution in [2.24, 2.45) is 5.73 Å². The van der Waals surface area contributed by atoms with E-state index < -0.39 is 0 Å². The molecule has 0 amide bonds. The number of halogens is 1. The van der Waals surface area contributed by atoms with Gasteiger partial charge in [0, 0.05) is 26.8 Å². The fourth-order valence-electron chi connectivity index (χ4n) is 1.86. The third-order valence-corrected chi connectivity index (χ3v) is 4.66. The van der Waals surface area contributed by atoms with Gasteiger partial charge in [0.25, 0.3) is 0 Å². The van der Waals surface area contributed by atoms with Gasteiger partial charge >= 0.3 is 0 Å². The maximum Gasteiger partial charge on any atom is 0.0638 e. The van der Waals surface area contributed by atoms with Crippen LogP contribution in [0.5, 0.6) is 0 Å². The average molecular weight is 316 g/mol. The Balaban J connectivity index is 2.90. The van der Waals surface area contributed by atoms with Crippen LogP contribution in [0.15, 0.2) is 15.9 Å². The van der Waals surface area contributed by atoms with Crippen LogP contribution < -0.4 is 5.73 Å². The van der Waals surface area contributed by atoms with Crippen molar-refractivity contribution in [1.29, 1.82) is 5.26 Å². The van der Waals surface area contributed by atoms with Crippen molar-refractivity contribution in [2.45, 2.75) is 38.4 Å². The summed E-state index contributed by atoms with van der Waals surface area (Å²) in [6, 6.07) is 4.72. The minimum absolute atomic E-state index is 0.0340. The molecular formula is C12H18BrN3S. The number of hydrogen-bond donors (Lipinski definition) is 1. The van der Waals surface area contributed by atoms with Crippen LogP contribution >= 0.6 is 27.3 Å². The summed E-state index contributed by atoms with van der Waals surface area (Å²) in [5.41, 5.74) is 6.08. The second-order valence-corrected chi connectivity index (χ2v) is 6.21. The van der Waals surface area contributed by atoms with Gasteiger partial charge in [-0.2, -0.15) is 5.26 Å². The number of nitrogens with two attached hydrogens (primary N) is 1. The zero-order valence-electron chi connectivity index (χ0n) is 10.4. The molecule has 0 aliphatic rings. The van der Waals surface area contributed by atoms with E-state index >= 15 is 0 Å². The largest absolute Gasteiger partial charge is 0.326 e. The van der Waals surface area contributed by atoms with Crippen LogP contribution in [0, 0.1) is 11.3 Å². The van der Waals surface area contributed by atoms with E-state index in [0.717, 1.165) is 4.47 Å². The van der Waals surface area contributed by atoms with E-state index in [4.69, 9.17) is 11.0 Å². The zero-order valence-corrected chi connectivity index (χ0v) is 12.8. The molecular weight excluding hydrogens is 298 g/mol. The number of nitrogens with zero attached hydrogens (tertiary/aromatic N) is 2. The van der Waals surface area contributed by atoms with E-state index in [1.54, 1.807) is 11.3 Å². The van der Waals surface area contributed by atoms with Gasteiger partial charge in [-0.05, 0) is 42.9 Å². The van der Waals surface area contributed by atoms with Gasteiger partial charge in [0.1, 0.15) is 0 Å². The molecule has 0 aliphatic heterocycles. The normalized spacial score (nSPS) is 16.5. The quantitative estimate of drug-likeness (QED) is 0.908. The second kappa shape index (κ2) is 6.50. The molecule has 1 heterocycles. The predicted molar refractivity (Wildman–Crippen MR) is 75.9 cm³/mol. The number of thiophene rings is 1. The Morgan fingerprint density at radius 1 is 1.59 bits per heavy atom. The van der Waals surface area contributed by atoms with Crippen LogP contribution in [0.3, 0.4) is 0 Å². The van der Waals surface area contributed by atoms with Crippen LogP contribution in [-0.2, 0) is 0 Å². The Morgan fingerprint density at radius 2 is 2.24 bits per heavy atom. The van der Waals surface area contributed by atoms with Crippen molar-refractivity contribution in [3.8, 4) is 6.07 Å². The van der Waals surface area contributed by atoms with Crippen LogP contribution in [0.2, 0.25) is 0 Å². The van der Waals surface area contributed by atoms with Crippen LogP contribution in [0.4, 0.5) is 0 Å². The molecule has 3 atom stereocenters. The minimum atomic E-state index is 0.0340. The van der Waals surface area contributed by atoms with Gasteiger partial charge in [0.2, 0.25) is 0 Å². The Kier molecular flexibility index (Phi) is 5.60. The minimum Gasteiger partial charge on any atom is -0.326 e. The molecule has 0 saturated heterocycles. The van der Waals surface area contributed by atoms with E-state index in [-0.39, 0.29) is 18.1 Å². The van der Waals surface area contributed by atoms with E-state index in [9.17, 15) is 0 Å². The van der Waals surface area contributed by atoms with Crippen molar-refractivity contribution >= 4 is 27.3 Å². The summed E-state index contributed by atoms with van der Waals surface area (Å²) in [4.78, 5) is 3.42. The highest BCUT2D eigenvalue weighted by Gasteiger charge is 2.25. The van der Waals surface area contributed by atoms with Gasteiger partial charge < -0.3 is 5.73 Å². The standard InChI is InChI=1S/C12H18BrN3S/c1-8(4-5-14)16(3)12(9(2)15)11-6-10(13)7-17-11/h6-9,12H,4,15H2,1-3H3. The molecule has 94 valence electrons. The highest BCUT2D eigenvalue weighted by Crippen LogP contribution is 2.31. The SMILES string of the molecule is CC(N)C(c1cc(Br)cs1)N(C)C(C)CC#N. The summed E-state index contributed by atoms with van der Waals surface area (Å²) in [5, 5.41) is 10.8. The van der Waals surface area contributed by atoms with E-state index in [1.807, 2.05) is 14.0 Å². The first-order chi connectivity index (χ1) is 7.97. The summed E-state index contributed by atoms with van der Waals surface area (Å²) in [7, 11) is 2.03. The molecule has 3 nitrogen and oxygen atoms in total. The highest BCUT2D eigenvalue weighted by molar-refractivity contribution is 9.10. The summed E-state index contributed by atoms with van der Waals surface area (Å²) in [6.45, 7) is 4.06. The number of rotatable bonds is 5. The average Bonchev–Trinajstić information content (AvgIpc) is 2.64. The zero-order chi connectivity index (χ0) is 13.0. The topological polar surface area (TPSA) is 53.0 Å². The molecule has 0 bridgehead atoms. The van der Waals surface area contributed by atoms with Gasteiger partial charge in [-0.15, -0.1) is 11.3 Å². The van der Waals surface area contributed by atoms with E-state index in [2.05, 4.69) is 45.3 Å². The molecule has 0 aliphatic carbocycles. The van der Waals surface area contributed by atoms with Crippen LogP contribution in [0.1, 0.15) is 31.2 Å². The van der Waals surface area contributed by atoms with Gasteiger partial charge in [-0.25, -0.2) is 0 Å². The van der Waals surface area contributed by atoms with Crippen molar-refractivity contribution in [3.05, 3.63) is 20.8 Å². The monoisotopic (exact) mass is 315 g/mol. The lowest BCUT2D eigenvalue weighted by atomic mass is 10.0. The van der Waals surface area contributed by atoms with E-state index in [0.29, 0.717) is 6.42 Å². The van der Waals surface area contributed by atoms with Gasteiger partial charge in [0.05, 0.1) is 18.5 Å². The van der Waals surface area contributed by atoms with Gasteiger partial charge in [-0.1, -0.05) is 0 Å². The molecule has 0 aromatic carbocycles. The summed E-state index contributed by atoms with van der Waals surface area (Å²) >= 11 is 5.16. The second-order valence-electron chi connectivity index (χ2n) is 4.35. The van der Waals surface area contributed by atoms with Crippen LogP contribution in [-0.4, -0.2) is 24.0 Å². The highest BCUT2D eigenvalue weighted by atomic mass is 79.9. The molecule has 0 saturated carbocycles.